The van der Waals surface area contributed by atoms with Crippen LogP contribution in [-0.4, -0.2) is 12.2 Å². The molecule has 0 heterocycles. The standard InChI is InChI=1S/C15H17NO2S/c1-18-14-8-13(16)6-7-15(14)19-10-12-4-2-11(9-17)3-5-12/h2-8,17H,9-10,16H2,1H3. The molecule has 0 aliphatic rings. The molecule has 0 saturated carbocycles. The van der Waals surface area contributed by atoms with E-state index in [9.17, 15) is 0 Å². The maximum atomic E-state index is 9.00. The Bertz CT molecular complexity index is 540. The number of benzene rings is 2. The molecule has 0 unspecified atom stereocenters. The lowest BCUT2D eigenvalue weighted by Crippen LogP contribution is -1.91. The van der Waals surface area contributed by atoms with E-state index in [4.69, 9.17) is 15.6 Å². The van der Waals surface area contributed by atoms with Gasteiger partial charge >= 0.3 is 0 Å². The molecule has 0 radical (unpaired) electrons. The fourth-order valence-electron chi connectivity index (χ4n) is 1.71. The molecule has 0 aliphatic heterocycles. The van der Waals surface area contributed by atoms with Crippen LogP contribution in [0.4, 0.5) is 5.69 Å². The SMILES string of the molecule is COc1cc(N)ccc1SCc1ccc(CO)cc1. The van der Waals surface area contributed by atoms with Crippen molar-refractivity contribution in [2.75, 3.05) is 12.8 Å². The molecule has 0 fully saturated rings. The van der Waals surface area contributed by atoms with Gasteiger partial charge in [0.05, 0.1) is 13.7 Å². The van der Waals surface area contributed by atoms with Gasteiger partial charge in [0.25, 0.3) is 0 Å². The van der Waals surface area contributed by atoms with Crippen molar-refractivity contribution in [1.82, 2.24) is 0 Å². The zero-order valence-corrected chi connectivity index (χ0v) is 11.6. The van der Waals surface area contributed by atoms with Gasteiger partial charge in [0.15, 0.2) is 0 Å². The summed E-state index contributed by atoms with van der Waals surface area (Å²) in [6.45, 7) is 0.0825. The van der Waals surface area contributed by atoms with Crippen LogP contribution < -0.4 is 10.5 Å². The van der Waals surface area contributed by atoms with E-state index in [0.717, 1.165) is 22.0 Å². The Hall–Kier alpha value is -1.65. The van der Waals surface area contributed by atoms with E-state index in [1.165, 1.54) is 5.56 Å². The van der Waals surface area contributed by atoms with Crippen molar-refractivity contribution in [3.63, 3.8) is 0 Å². The first-order chi connectivity index (χ1) is 9.22. The fourth-order valence-corrected chi connectivity index (χ4v) is 2.67. The van der Waals surface area contributed by atoms with Crippen molar-refractivity contribution in [2.45, 2.75) is 17.3 Å². The first kappa shape index (κ1) is 13.8. The van der Waals surface area contributed by atoms with Crippen LogP contribution >= 0.6 is 11.8 Å². The molecule has 0 aliphatic carbocycles. The second-order valence-electron chi connectivity index (χ2n) is 4.17. The van der Waals surface area contributed by atoms with Gasteiger partial charge in [-0.3, -0.25) is 0 Å². The molecule has 2 rings (SSSR count). The Morgan fingerprint density at radius 2 is 1.79 bits per heavy atom. The number of methoxy groups -OCH3 is 1. The number of aliphatic hydroxyl groups is 1. The molecule has 0 bridgehead atoms. The highest BCUT2D eigenvalue weighted by molar-refractivity contribution is 7.98. The second kappa shape index (κ2) is 6.50. The molecule has 0 amide bonds. The van der Waals surface area contributed by atoms with E-state index in [0.29, 0.717) is 5.69 Å². The molecule has 0 saturated heterocycles. The van der Waals surface area contributed by atoms with Crippen molar-refractivity contribution in [3.05, 3.63) is 53.6 Å². The number of hydrogen-bond acceptors (Lipinski definition) is 4. The topological polar surface area (TPSA) is 55.5 Å². The number of ether oxygens (including phenoxy) is 1. The minimum Gasteiger partial charge on any atom is -0.496 e. The highest BCUT2D eigenvalue weighted by atomic mass is 32.2. The van der Waals surface area contributed by atoms with Gasteiger partial charge < -0.3 is 15.6 Å². The third-order valence-electron chi connectivity index (χ3n) is 2.79. The normalized spacial score (nSPS) is 10.4. The number of nitrogens with two attached hydrogens (primary N) is 1. The Morgan fingerprint density at radius 3 is 2.42 bits per heavy atom. The molecular formula is C15H17NO2S. The van der Waals surface area contributed by atoms with Crippen LogP contribution in [0.5, 0.6) is 5.75 Å². The van der Waals surface area contributed by atoms with Gasteiger partial charge in [-0.25, -0.2) is 0 Å². The van der Waals surface area contributed by atoms with Crippen molar-refractivity contribution in [2.24, 2.45) is 0 Å². The van der Waals surface area contributed by atoms with E-state index in [2.05, 4.69) is 0 Å². The predicted octanol–water partition coefficient (Wildman–Crippen LogP) is 3.06. The van der Waals surface area contributed by atoms with Gasteiger partial charge in [-0.05, 0) is 23.3 Å². The second-order valence-corrected chi connectivity index (χ2v) is 5.19. The van der Waals surface area contributed by atoms with Gasteiger partial charge in [0.1, 0.15) is 5.75 Å². The molecule has 4 heteroatoms. The Kier molecular flexibility index (Phi) is 4.71. The maximum absolute atomic E-state index is 9.00. The number of aliphatic hydroxyl groups excluding tert-OH is 1. The van der Waals surface area contributed by atoms with Gasteiger partial charge in [0, 0.05) is 22.4 Å². The minimum absolute atomic E-state index is 0.0825. The molecule has 3 N–H and O–H groups in total. The number of hydrogen-bond donors (Lipinski definition) is 2. The van der Waals surface area contributed by atoms with Crippen LogP contribution in [-0.2, 0) is 12.4 Å². The van der Waals surface area contributed by atoms with Crippen LogP contribution in [0.2, 0.25) is 0 Å². The fraction of sp³-hybridized carbons (Fsp3) is 0.200. The van der Waals surface area contributed by atoms with Crippen molar-refractivity contribution in [1.29, 1.82) is 0 Å². The van der Waals surface area contributed by atoms with E-state index >= 15 is 0 Å². The summed E-state index contributed by atoms with van der Waals surface area (Å²) in [6, 6.07) is 13.6. The smallest absolute Gasteiger partial charge is 0.134 e. The Labute approximate surface area is 117 Å². The number of thioether (sulfide) groups is 1. The van der Waals surface area contributed by atoms with Gasteiger partial charge in [-0.15, -0.1) is 11.8 Å². The molecule has 100 valence electrons. The van der Waals surface area contributed by atoms with Crippen molar-refractivity contribution in [3.8, 4) is 5.75 Å². The average Bonchev–Trinajstić information content (AvgIpc) is 2.46. The van der Waals surface area contributed by atoms with Crippen molar-refractivity contribution < 1.29 is 9.84 Å². The summed E-state index contributed by atoms with van der Waals surface area (Å²) in [4.78, 5) is 1.07. The number of rotatable bonds is 5. The molecule has 0 aromatic heterocycles. The lowest BCUT2D eigenvalue weighted by atomic mass is 10.2. The summed E-state index contributed by atoms with van der Waals surface area (Å²) < 4.78 is 5.32. The maximum Gasteiger partial charge on any atom is 0.134 e. The van der Waals surface area contributed by atoms with E-state index in [-0.39, 0.29) is 6.61 Å². The summed E-state index contributed by atoms with van der Waals surface area (Å²) in [7, 11) is 1.65. The third kappa shape index (κ3) is 3.66. The zero-order chi connectivity index (χ0) is 13.7. The van der Waals surface area contributed by atoms with E-state index in [1.54, 1.807) is 18.9 Å². The summed E-state index contributed by atoms with van der Waals surface area (Å²) >= 11 is 1.70. The Balaban J connectivity index is 2.05. The minimum atomic E-state index is 0.0825. The quantitative estimate of drug-likeness (QED) is 0.650. The summed E-state index contributed by atoms with van der Waals surface area (Å²) in [5, 5.41) is 9.00. The molecule has 2 aromatic rings. The van der Waals surface area contributed by atoms with E-state index < -0.39 is 0 Å². The first-order valence-corrected chi connectivity index (χ1v) is 6.96. The van der Waals surface area contributed by atoms with Crippen LogP contribution in [0.3, 0.4) is 0 Å². The highest BCUT2D eigenvalue weighted by Gasteiger charge is 2.04. The molecule has 2 aromatic carbocycles. The third-order valence-corrected chi connectivity index (χ3v) is 3.91. The molecular weight excluding hydrogens is 258 g/mol. The summed E-state index contributed by atoms with van der Waals surface area (Å²) in [5.41, 5.74) is 8.57. The molecule has 19 heavy (non-hydrogen) atoms. The van der Waals surface area contributed by atoms with Gasteiger partial charge in [-0.2, -0.15) is 0 Å². The van der Waals surface area contributed by atoms with Crippen LogP contribution in [0.25, 0.3) is 0 Å². The van der Waals surface area contributed by atoms with E-state index in [1.807, 2.05) is 42.5 Å². The van der Waals surface area contributed by atoms with Gasteiger partial charge in [0.2, 0.25) is 0 Å². The zero-order valence-electron chi connectivity index (χ0n) is 10.8. The number of nitrogen functional groups attached to an aromatic ring is 1. The summed E-state index contributed by atoms with van der Waals surface area (Å²) in [5.74, 6) is 1.66. The average molecular weight is 275 g/mol. The number of anilines is 1. The first-order valence-electron chi connectivity index (χ1n) is 5.98. The van der Waals surface area contributed by atoms with Crippen LogP contribution in [0, 0.1) is 0 Å². The van der Waals surface area contributed by atoms with Crippen LogP contribution in [0.15, 0.2) is 47.4 Å². The monoisotopic (exact) mass is 275 g/mol. The highest BCUT2D eigenvalue weighted by Crippen LogP contribution is 2.33. The van der Waals surface area contributed by atoms with Crippen molar-refractivity contribution >= 4 is 17.4 Å². The Morgan fingerprint density at radius 1 is 1.11 bits per heavy atom. The molecule has 3 nitrogen and oxygen atoms in total. The lowest BCUT2D eigenvalue weighted by Gasteiger charge is -2.09. The molecule has 0 atom stereocenters. The molecule has 0 spiro atoms. The lowest BCUT2D eigenvalue weighted by molar-refractivity contribution is 0.282. The summed E-state index contributed by atoms with van der Waals surface area (Å²) in [6.07, 6.45) is 0. The van der Waals surface area contributed by atoms with Gasteiger partial charge in [-0.1, -0.05) is 24.3 Å². The van der Waals surface area contributed by atoms with Crippen LogP contribution in [0.1, 0.15) is 11.1 Å². The predicted molar refractivity (Wildman–Crippen MR) is 79.3 cm³/mol. The largest absolute Gasteiger partial charge is 0.496 e.